The van der Waals surface area contributed by atoms with Gasteiger partial charge in [-0.1, -0.05) is 12.1 Å². The predicted molar refractivity (Wildman–Crippen MR) is 53.0 cm³/mol. The number of carbonyl (C=O) groups is 1. The van der Waals surface area contributed by atoms with Crippen molar-refractivity contribution in [3.63, 3.8) is 0 Å². The van der Waals surface area contributed by atoms with E-state index in [9.17, 15) is 4.79 Å². The third-order valence-electron chi connectivity index (χ3n) is 2.23. The van der Waals surface area contributed by atoms with Crippen LogP contribution in [0.15, 0.2) is 24.4 Å². The summed E-state index contributed by atoms with van der Waals surface area (Å²) in [6.45, 7) is 0. The molecule has 2 rings (SSSR count). The molecule has 3 nitrogen and oxygen atoms in total. The van der Waals surface area contributed by atoms with Crippen molar-refractivity contribution in [1.82, 2.24) is 4.98 Å². The molecule has 1 N–H and O–H groups in total. The maximum atomic E-state index is 10.7. The molecule has 0 aliphatic carbocycles. The van der Waals surface area contributed by atoms with Crippen molar-refractivity contribution in [2.45, 2.75) is 6.42 Å². The number of hydrogen-bond donors (Lipinski definition) is 1. The van der Waals surface area contributed by atoms with Gasteiger partial charge in [0, 0.05) is 17.1 Å². The van der Waals surface area contributed by atoms with Gasteiger partial charge in [-0.3, -0.25) is 4.79 Å². The molecule has 1 aromatic heterocycles. The van der Waals surface area contributed by atoms with Crippen molar-refractivity contribution in [3.8, 4) is 6.07 Å². The first-order chi connectivity index (χ1) is 6.86. The standard InChI is InChI=1S/C11H8N2O/c12-5-4-8-6-13-11-9(7-14)2-1-3-10(8)11/h1-3,6-7,13H,4H2. The Labute approximate surface area is 81.0 Å². The van der Waals surface area contributed by atoms with E-state index < -0.39 is 0 Å². The van der Waals surface area contributed by atoms with Crippen LogP contribution in [0.5, 0.6) is 0 Å². The second-order valence-corrected chi connectivity index (χ2v) is 3.04. The van der Waals surface area contributed by atoms with Crippen LogP contribution in [0.1, 0.15) is 15.9 Å². The molecule has 1 aromatic carbocycles. The molecule has 0 bridgehead atoms. The molecule has 0 spiro atoms. The molecule has 0 amide bonds. The molecule has 0 saturated heterocycles. The summed E-state index contributed by atoms with van der Waals surface area (Å²) in [6, 6.07) is 7.57. The van der Waals surface area contributed by atoms with Gasteiger partial charge in [-0.2, -0.15) is 5.26 Å². The zero-order valence-corrected chi connectivity index (χ0v) is 7.45. The fourth-order valence-corrected chi connectivity index (χ4v) is 1.57. The number of rotatable bonds is 2. The van der Waals surface area contributed by atoms with Crippen molar-refractivity contribution in [1.29, 1.82) is 5.26 Å². The van der Waals surface area contributed by atoms with Crippen molar-refractivity contribution >= 4 is 17.2 Å². The number of nitrogens with zero attached hydrogens (tertiary/aromatic N) is 1. The van der Waals surface area contributed by atoms with Crippen LogP contribution < -0.4 is 0 Å². The van der Waals surface area contributed by atoms with E-state index in [1.54, 1.807) is 12.3 Å². The summed E-state index contributed by atoms with van der Waals surface area (Å²) in [5.74, 6) is 0. The highest BCUT2D eigenvalue weighted by molar-refractivity contribution is 5.97. The quantitative estimate of drug-likeness (QED) is 0.726. The third kappa shape index (κ3) is 1.17. The first-order valence-corrected chi connectivity index (χ1v) is 4.28. The fourth-order valence-electron chi connectivity index (χ4n) is 1.57. The zero-order valence-electron chi connectivity index (χ0n) is 7.45. The lowest BCUT2D eigenvalue weighted by atomic mass is 10.1. The van der Waals surface area contributed by atoms with Gasteiger partial charge >= 0.3 is 0 Å². The minimum atomic E-state index is 0.363. The van der Waals surface area contributed by atoms with Crippen LogP contribution in [0.2, 0.25) is 0 Å². The highest BCUT2D eigenvalue weighted by atomic mass is 16.1. The van der Waals surface area contributed by atoms with E-state index in [0.717, 1.165) is 22.8 Å². The van der Waals surface area contributed by atoms with Gasteiger partial charge in [-0.05, 0) is 11.6 Å². The summed E-state index contributed by atoms with van der Waals surface area (Å²) in [5, 5.41) is 9.55. The summed E-state index contributed by atoms with van der Waals surface area (Å²) in [5.41, 5.74) is 2.38. The first kappa shape index (κ1) is 8.52. The number of para-hydroxylation sites is 1. The summed E-state index contributed by atoms with van der Waals surface area (Å²) in [7, 11) is 0. The monoisotopic (exact) mass is 184 g/mol. The number of nitriles is 1. The van der Waals surface area contributed by atoms with Gasteiger partial charge in [-0.15, -0.1) is 0 Å². The lowest BCUT2D eigenvalue weighted by Crippen LogP contribution is -1.82. The molecule has 68 valence electrons. The second-order valence-electron chi connectivity index (χ2n) is 3.04. The SMILES string of the molecule is N#CCc1c[nH]c2c(C=O)cccc12. The Bertz CT molecular complexity index is 520. The molecule has 0 saturated carbocycles. The number of aromatic nitrogens is 1. The summed E-state index contributed by atoms with van der Waals surface area (Å²) in [6.07, 6.45) is 2.96. The number of aromatic amines is 1. The Balaban J connectivity index is 2.70. The molecule has 1 heterocycles. The molecule has 2 aromatic rings. The molecule has 0 aliphatic heterocycles. The number of carbonyl (C=O) groups excluding carboxylic acids is 1. The molecule has 3 heteroatoms. The molecular weight excluding hydrogens is 176 g/mol. The first-order valence-electron chi connectivity index (χ1n) is 4.28. The number of fused-ring (bicyclic) bond motifs is 1. The third-order valence-corrected chi connectivity index (χ3v) is 2.23. The van der Waals surface area contributed by atoms with Crippen molar-refractivity contribution in [2.24, 2.45) is 0 Å². The minimum Gasteiger partial charge on any atom is -0.360 e. The Morgan fingerprint density at radius 1 is 1.50 bits per heavy atom. The van der Waals surface area contributed by atoms with E-state index in [0.29, 0.717) is 12.0 Å². The van der Waals surface area contributed by atoms with Gasteiger partial charge < -0.3 is 4.98 Å². The van der Waals surface area contributed by atoms with Gasteiger partial charge in [-0.25, -0.2) is 0 Å². The zero-order chi connectivity index (χ0) is 9.97. The predicted octanol–water partition coefficient (Wildman–Crippen LogP) is 2.05. The Morgan fingerprint density at radius 3 is 3.07 bits per heavy atom. The van der Waals surface area contributed by atoms with Crippen LogP contribution in [0.4, 0.5) is 0 Å². The lowest BCUT2D eigenvalue weighted by molar-refractivity contribution is 0.112. The Kier molecular flexibility index (Phi) is 2.04. The van der Waals surface area contributed by atoms with Crippen LogP contribution in [0.3, 0.4) is 0 Å². The largest absolute Gasteiger partial charge is 0.360 e. The summed E-state index contributed by atoms with van der Waals surface area (Å²) in [4.78, 5) is 13.7. The smallest absolute Gasteiger partial charge is 0.152 e. The number of aldehydes is 1. The van der Waals surface area contributed by atoms with Gasteiger partial charge in [0.1, 0.15) is 0 Å². The van der Waals surface area contributed by atoms with E-state index >= 15 is 0 Å². The van der Waals surface area contributed by atoms with Gasteiger partial charge in [0.2, 0.25) is 0 Å². The highest BCUT2D eigenvalue weighted by Crippen LogP contribution is 2.20. The normalized spacial score (nSPS) is 9.93. The van der Waals surface area contributed by atoms with E-state index in [-0.39, 0.29) is 0 Å². The van der Waals surface area contributed by atoms with Crippen LogP contribution in [0, 0.1) is 11.3 Å². The molecule has 0 aliphatic rings. The van der Waals surface area contributed by atoms with E-state index in [1.807, 2.05) is 12.1 Å². The van der Waals surface area contributed by atoms with E-state index in [1.165, 1.54) is 0 Å². The maximum Gasteiger partial charge on any atom is 0.152 e. The number of benzene rings is 1. The minimum absolute atomic E-state index is 0.363. The molecule has 14 heavy (non-hydrogen) atoms. The van der Waals surface area contributed by atoms with Crippen molar-refractivity contribution in [2.75, 3.05) is 0 Å². The lowest BCUT2D eigenvalue weighted by Gasteiger charge is -1.94. The second kappa shape index (κ2) is 3.35. The molecule has 0 atom stereocenters. The average molecular weight is 184 g/mol. The summed E-state index contributed by atoms with van der Waals surface area (Å²) < 4.78 is 0. The maximum absolute atomic E-state index is 10.7. The van der Waals surface area contributed by atoms with Crippen LogP contribution >= 0.6 is 0 Å². The van der Waals surface area contributed by atoms with Gasteiger partial charge in [0.25, 0.3) is 0 Å². The van der Waals surface area contributed by atoms with Crippen molar-refractivity contribution < 1.29 is 4.79 Å². The average Bonchev–Trinajstić information content (AvgIpc) is 2.62. The van der Waals surface area contributed by atoms with Gasteiger partial charge in [0.15, 0.2) is 6.29 Å². The van der Waals surface area contributed by atoms with Crippen LogP contribution in [-0.2, 0) is 6.42 Å². The van der Waals surface area contributed by atoms with Crippen LogP contribution in [0.25, 0.3) is 10.9 Å². The molecule has 0 radical (unpaired) electrons. The molecule has 0 fully saturated rings. The van der Waals surface area contributed by atoms with E-state index in [2.05, 4.69) is 11.1 Å². The molecule has 0 unspecified atom stereocenters. The summed E-state index contributed by atoms with van der Waals surface area (Å²) >= 11 is 0. The number of H-pyrrole nitrogens is 1. The molecular formula is C11H8N2O. The Hall–Kier alpha value is -2.08. The van der Waals surface area contributed by atoms with Crippen molar-refractivity contribution in [3.05, 3.63) is 35.5 Å². The highest BCUT2D eigenvalue weighted by Gasteiger charge is 2.05. The van der Waals surface area contributed by atoms with Crippen LogP contribution in [-0.4, -0.2) is 11.3 Å². The Morgan fingerprint density at radius 2 is 2.36 bits per heavy atom. The van der Waals surface area contributed by atoms with Gasteiger partial charge in [0.05, 0.1) is 18.0 Å². The topological polar surface area (TPSA) is 56.6 Å². The fraction of sp³-hybridized carbons (Fsp3) is 0.0909. The van der Waals surface area contributed by atoms with E-state index in [4.69, 9.17) is 5.26 Å². The number of hydrogen-bond acceptors (Lipinski definition) is 2. The number of nitrogens with one attached hydrogen (secondary N) is 1.